The monoisotopic (exact) mass is 264 g/mol. The molecule has 1 aliphatic carbocycles. The van der Waals surface area contributed by atoms with Gasteiger partial charge in [0.1, 0.15) is 5.76 Å². The molecule has 1 atom stereocenters. The van der Waals surface area contributed by atoms with Crippen LogP contribution in [0.15, 0.2) is 34.6 Å². The Labute approximate surface area is 110 Å². The Balaban J connectivity index is 1.94. The highest BCUT2D eigenvalue weighted by Crippen LogP contribution is 2.30. The summed E-state index contributed by atoms with van der Waals surface area (Å²) >= 11 is 0. The number of allylic oxidation sites excluding steroid dienone is 2. The fourth-order valence-electron chi connectivity index (χ4n) is 2.00. The van der Waals surface area contributed by atoms with Crippen LogP contribution in [0.5, 0.6) is 0 Å². The van der Waals surface area contributed by atoms with Gasteiger partial charge in [-0.3, -0.25) is 10.2 Å². The second-order valence-electron chi connectivity index (χ2n) is 4.23. The van der Waals surface area contributed by atoms with Crippen molar-refractivity contribution in [1.29, 1.82) is 0 Å². The van der Waals surface area contributed by atoms with Gasteiger partial charge in [-0.05, 0) is 25.5 Å². The molecule has 1 heterocycles. The molecule has 0 saturated carbocycles. The number of hydrogen-bond donors (Lipinski definition) is 2. The van der Waals surface area contributed by atoms with Gasteiger partial charge in [0.2, 0.25) is 0 Å². The number of hydrazine groups is 1. The first-order valence-corrected chi connectivity index (χ1v) is 6.14. The topological polar surface area (TPSA) is 80.6 Å². The molecule has 1 aromatic rings. The molecule has 0 fully saturated rings. The summed E-state index contributed by atoms with van der Waals surface area (Å²) in [7, 11) is 0. The van der Waals surface area contributed by atoms with Gasteiger partial charge in [0.05, 0.1) is 12.9 Å². The summed E-state index contributed by atoms with van der Waals surface area (Å²) in [5, 5.41) is 0. The largest absolute Gasteiger partial charge is 0.469 e. The summed E-state index contributed by atoms with van der Waals surface area (Å²) < 4.78 is 10.0. The van der Waals surface area contributed by atoms with E-state index in [1.54, 1.807) is 19.3 Å². The Morgan fingerprint density at radius 2 is 2.37 bits per heavy atom. The van der Waals surface area contributed by atoms with Gasteiger partial charge in [0, 0.05) is 24.1 Å². The van der Waals surface area contributed by atoms with Crippen LogP contribution in [0.2, 0.25) is 0 Å². The van der Waals surface area contributed by atoms with E-state index in [-0.39, 0.29) is 11.7 Å². The van der Waals surface area contributed by atoms with Crippen LogP contribution in [0, 0.1) is 0 Å². The highest BCUT2D eigenvalue weighted by atomic mass is 16.5. The SMILES string of the molecule is CCOC(=O)NNC1=CC(=O)C[C@H](c2ccco2)C1. The molecular weight excluding hydrogens is 248 g/mol. The van der Waals surface area contributed by atoms with Crippen molar-refractivity contribution in [3.05, 3.63) is 35.9 Å². The Bertz CT molecular complexity index is 479. The molecule has 1 aliphatic rings. The maximum Gasteiger partial charge on any atom is 0.425 e. The Kier molecular flexibility index (Phi) is 4.22. The van der Waals surface area contributed by atoms with Gasteiger partial charge in [-0.15, -0.1) is 0 Å². The molecule has 6 heteroatoms. The summed E-state index contributed by atoms with van der Waals surface area (Å²) in [5.41, 5.74) is 5.72. The normalized spacial score (nSPS) is 18.7. The summed E-state index contributed by atoms with van der Waals surface area (Å²) in [6, 6.07) is 3.64. The van der Waals surface area contributed by atoms with Crippen molar-refractivity contribution < 1.29 is 18.7 Å². The van der Waals surface area contributed by atoms with E-state index in [9.17, 15) is 9.59 Å². The molecule has 0 unspecified atom stereocenters. The molecule has 0 spiro atoms. The third-order valence-electron chi connectivity index (χ3n) is 2.80. The molecule has 2 N–H and O–H groups in total. The van der Waals surface area contributed by atoms with Crippen molar-refractivity contribution in [2.24, 2.45) is 0 Å². The molecule has 0 radical (unpaired) electrons. The van der Waals surface area contributed by atoms with Crippen LogP contribution in [0.1, 0.15) is 31.4 Å². The zero-order chi connectivity index (χ0) is 13.7. The van der Waals surface area contributed by atoms with Crippen LogP contribution < -0.4 is 10.9 Å². The molecule has 6 nitrogen and oxygen atoms in total. The fraction of sp³-hybridized carbons (Fsp3) is 0.385. The third-order valence-corrected chi connectivity index (χ3v) is 2.80. The lowest BCUT2D eigenvalue weighted by Crippen LogP contribution is -2.38. The smallest absolute Gasteiger partial charge is 0.425 e. The first kappa shape index (κ1) is 13.2. The van der Waals surface area contributed by atoms with Crippen molar-refractivity contribution in [1.82, 2.24) is 10.9 Å². The van der Waals surface area contributed by atoms with Gasteiger partial charge >= 0.3 is 6.09 Å². The number of carbonyl (C=O) groups excluding carboxylic acids is 2. The number of nitrogens with one attached hydrogen (secondary N) is 2. The Morgan fingerprint density at radius 3 is 3.05 bits per heavy atom. The van der Waals surface area contributed by atoms with Crippen molar-refractivity contribution in [2.75, 3.05) is 6.61 Å². The van der Waals surface area contributed by atoms with E-state index in [1.165, 1.54) is 6.08 Å². The van der Waals surface area contributed by atoms with Crippen LogP contribution in [-0.4, -0.2) is 18.5 Å². The molecule has 1 amide bonds. The Morgan fingerprint density at radius 1 is 1.53 bits per heavy atom. The quantitative estimate of drug-likeness (QED) is 0.811. The van der Waals surface area contributed by atoms with Crippen molar-refractivity contribution >= 4 is 11.9 Å². The lowest BCUT2D eigenvalue weighted by Gasteiger charge is -2.21. The van der Waals surface area contributed by atoms with Gasteiger partial charge in [-0.2, -0.15) is 0 Å². The zero-order valence-corrected chi connectivity index (χ0v) is 10.6. The lowest BCUT2D eigenvalue weighted by atomic mass is 9.89. The molecule has 2 rings (SSSR count). The lowest BCUT2D eigenvalue weighted by molar-refractivity contribution is -0.115. The molecule has 0 aromatic carbocycles. The summed E-state index contributed by atoms with van der Waals surface area (Å²) in [6.07, 6.45) is 3.52. The number of carbonyl (C=O) groups is 2. The molecule has 0 saturated heterocycles. The van der Waals surface area contributed by atoms with Gasteiger partial charge in [0.25, 0.3) is 0 Å². The molecule has 19 heavy (non-hydrogen) atoms. The van der Waals surface area contributed by atoms with E-state index < -0.39 is 6.09 Å². The standard InChI is InChI=1S/C13H16N2O4/c1-2-18-13(17)15-14-10-6-9(7-11(16)8-10)12-4-3-5-19-12/h3-5,8-9,14H,2,6-7H2,1H3,(H,15,17)/t9-/m1/s1. The zero-order valence-electron chi connectivity index (χ0n) is 10.6. The van der Waals surface area contributed by atoms with Gasteiger partial charge in [-0.25, -0.2) is 10.2 Å². The minimum absolute atomic E-state index is 0.000749. The van der Waals surface area contributed by atoms with E-state index in [4.69, 9.17) is 9.15 Å². The van der Waals surface area contributed by atoms with E-state index in [1.807, 2.05) is 6.07 Å². The van der Waals surface area contributed by atoms with Crippen molar-refractivity contribution in [3.8, 4) is 0 Å². The number of ether oxygens (including phenoxy) is 1. The number of furan rings is 1. The predicted molar refractivity (Wildman–Crippen MR) is 67.1 cm³/mol. The van der Waals surface area contributed by atoms with E-state index in [0.29, 0.717) is 25.1 Å². The number of amides is 1. The van der Waals surface area contributed by atoms with E-state index >= 15 is 0 Å². The number of rotatable bonds is 4. The van der Waals surface area contributed by atoms with Crippen LogP contribution in [0.4, 0.5) is 4.79 Å². The second-order valence-corrected chi connectivity index (χ2v) is 4.23. The van der Waals surface area contributed by atoms with Crippen LogP contribution in [0.3, 0.4) is 0 Å². The van der Waals surface area contributed by atoms with Gasteiger partial charge < -0.3 is 9.15 Å². The molecule has 0 aliphatic heterocycles. The first-order chi connectivity index (χ1) is 9.19. The first-order valence-electron chi connectivity index (χ1n) is 6.14. The predicted octanol–water partition coefficient (Wildman–Crippen LogP) is 1.86. The summed E-state index contributed by atoms with van der Waals surface area (Å²) in [6.45, 7) is 2.01. The summed E-state index contributed by atoms with van der Waals surface area (Å²) in [4.78, 5) is 22.8. The fourth-order valence-corrected chi connectivity index (χ4v) is 2.00. The van der Waals surface area contributed by atoms with Crippen LogP contribution in [0.25, 0.3) is 0 Å². The highest BCUT2D eigenvalue weighted by Gasteiger charge is 2.24. The van der Waals surface area contributed by atoms with E-state index in [2.05, 4.69) is 10.9 Å². The van der Waals surface area contributed by atoms with Crippen molar-refractivity contribution in [3.63, 3.8) is 0 Å². The molecule has 0 bridgehead atoms. The average molecular weight is 264 g/mol. The molecular formula is C13H16N2O4. The second kappa shape index (κ2) is 6.08. The minimum atomic E-state index is -0.573. The van der Waals surface area contributed by atoms with Gasteiger partial charge in [-0.1, -0.05) is 0 Å². The Hall–Kier alpha value is -2.24. The third kappa shape index (κ3) is 3.61. The number of hydrogen-bond acceptors (Lipinski definition) is 5. The molecule has 102 valence electrons. The number of ketones is 1. The maximum atomic E-state index is 11.6. The minimum Gasteiger partial charge on any atom is -0.469 e. The maximum absolute atomic E-state index is 11.6. The van der Waals surface area contributed by atoms with Gasteiger partial charge in [0.15, 0.2) is 5.78 Å². The van der Waals surface area contributed by atoms with Crippen molar-refractivity contribution in [2.45, 2.75) is 25.7 Å². The highest BCUT2D eigenvalue weighted by molar-refractivity contribution is 5.91. The van der Waals surface area contributed by atoms with Crippen LogP contribution >= 0.6 is 0 Å². The molecule has 1 aromatic heterocycles. The average Bonchev–Trinajstić information content (AvgIpc) is 2.90. The van der Waals surface area contributed by atoms with E-state index in [0.717, 1.165) is 5.76 Å². The van der Waals surface area contributed by atoms with Crippen LogP contribution in [-0.2, 0) is 9.53 Å². The summed E-state index contributed by atoms with van der Waals surface area (Å²) in [5.74, 6) is 0.775.